The van der Waals surface area contributed by atoms with Crippen molar-refractivity contribution in [1.29, 1.82) is 0 Å². The van der Waals surface area contributed by atoms with E-state index in [4.69, 9.17) is 4.74 Å². The average molecular weight is 410 g/mol. The molecule has 3 rings (SSSR count). The van der Waals surface area contributed by atoms with Crippen molar-refractivity contribution in [2.45, 2.75) is 66.5 Å². The number of hydrogen-bond acceptors (Lipinski definition) is 3. The van der Waals surface area contributed by atoms with Gasteiger partial charge >= 0.3 is 0 Å². The molecule has 1 atom stereocenters. The van der Waals surface area contributed by atoms with E-state index in [0.717, 1.165) is 41.8 Å². The van der Waals surface area contributed by atoms with Crippen molar-refractivity contribution < 1.29 is 9.84 Å². The largest absolute Gasteiger partial charge is 0.488 e. The van der Waals surface area contributed by atoms with Crippen LogP contribution in [-0.4, -0.2) is 16.3 Å². The molecule has 0 amide bonds. The SMILES string of the molecule is CC(C)=CCC1Cc2c(OCc3ccccc3)cc(=O)n(CCCO)c2CC1(C)C. The van der Waals surface area contributed by atoms with E-state index < -0.39 is 0 Å². The first-order valence-corrected chi connectivity index (χ1v) is 11.0. The van der Waals surface area contributed by atoms with E-state index in [9.17, 15) is 9.90 Å². The highest BCUT2D eigenvalue weighted by Gasteiger charge is 2.37. The molecule has 0 saturated carbocycles. The second-order valence-electron chi connectivity index (χ2n) is 9.36. The number of fused-ring (bicyclic) bond motifs is 1. The second kappa shape index (κ2) is 9.65. The molecular formula is C26H35NO3. The van der Waals surface area contributed by atoms with Crippen LogP contribution in [-0.2, 0) is 26.0 Å². The molecule has 0 aliphatic heterocycles. The smallest absolute Gasteiger partial charge is 0.254 e. The third-order valence-corrected chi connectivity index (χ3v) is 6.26. The Bertz CT molecular complexity index is 937. The van der Waals surface area contributed by atoms with Crippen LogP contribution in [0.4, 0.5) is 0 Å². The summed E-state index contributed by atoms with van der Waals surface area (Å²) >= 11 is 0. The van der Waals surface area contributed by atoms with Gasteiger partial charge in [0.1, 0.15) is 12.4 Å². The Balaban J connectivity index is 1.99. The molecular weight excluding hydrogens is 374 g/mol. The third-order valence-electron chi connectivity index (χ3n) is 6.26. The van der Waals surface area contributed by atoms with Crippen LogP contribution < -0.4 is 10.3 Å². The van der Waals surface area contributed by atoms with Gasteiger partial charge in [0.2, 0.25) is 0 Å². The van der Waals surface area contributed by atoms with E-state index in [2.05, 4.69) is 33.8 Å². The highest BCUT2D eigenvalue weighted by molar-refractivity contribution is 5.40. The number of ether oxygens (including phenoxy) is 1. The monoisotopic (exact) mass is 409 g/mol. The summed E-state index contributed by atoms with van der Waals surface area (Å²) < 4.78 is 8.06. The predicted molar refractivity (Wildman–Crippen MR) is 122 cm³/mol. The maximum absolute atomic E-state index is 12.9. The normalized spacial score (nSPS) is 17.3. The van der Waals surface area contributed by atoms with Gasteiger partial charge in [0.15, 0.2) is 0 Å². The number of benzene rings is 1. The highest BCUT2D eigenvalue weighted by Crippen LogP contribution is 2.44. The highest BCUT2D eigenvalue weighted by atomic mass is 16.5. The summed E-state index contributed by atoms with van der Waals surface area (Å²) in [4.78, 5) is 12.9. The summed E-state index contributed by atoms with van der Waals surface area (Å²) in [5.41, 5.74) is 4.72. The predicted octanol–water partition coefficient (Wildman–Crippen LogP) is 4.91. The topological polar surface area (TPSA) is 51.5 Å². The van der Waals surface area contributed by atoms with Gasteiger partial charge in [-0.2, -0.15) is 0 Å². The maximum atomic E-state index is 12.9. The first kappa shape index (κ1) is 22.4. The number of aliphatic hydroxyl groups is 1. The molecule has 0 spiro atoms. The summed E-state index contributed by atoms with van der Waals surface area (Å²) in [5.74, 6) is 1.21. The van der Waals surface area contributed by atoms with E-state index in [0.29, 0.717) is 25.5 Å². The molecule has 0 radical (unpaired) electrons. The van der Waals surface area contributed by atoms with Gasteiger partial charge in [-0.3, -0.25) is 4.79 Å². The number of hydrogen-bond donors (Lipinski definition) is 1. The Kier molecular flexibility index (Phi) is 7.19. The van der Waals surface area contributed by atoms with Crippen molar-refractivity contribution in [3.8, 4) is 5.75 Å². The standard InChI is InChI=1S/C26H35NO3/c1-19(2)11-12-21-15-22-23(17-26(21,3)4)27(13-8-14-28)25(29)16-24(22)30-18-20-9-6-5-7-10-20/h5-7,9-11,16,21,28H,8,12-15,17-18H2,1-4H3. The minimum absolute atomic E-state index is 0.0381. The molecule has 2 aromatic rings. The molecule has 0 bridgehead atoms. The van der Waals surface area contributed by atoms with Crippen LogP contribution in [0.3, 0.4) is 0 Å². The van der Waals surface area contributed by atoms with Crippen LogP contribution in [0, 0.1) is 11.3 Å². The van der Waals surface area contributed by atoms with E-state index >= 15 is 0 Å². The molecule has 1 unspecified atom stereocenters. The van der Waals surface area contributed by atoms with Crippen LogP contribution in [0.2, 0.25) is 0 Å². The summed E-state index contributed by atoms with van der Waals surface area (Å²) in [6.07, 6.45) is 5.67. The zero-order valence-electron chi connectivity index (χ0n) is 18.8. The van der Waals surface area contributed by atoms with Crippen molar-refractivity contribution in [3.05, 3.63) is 75.2 Å². The molecule has 1 aromatic carbocycles. The number of allylic oxidation sites excluding steroid dienone is 2. The van der Waals surface area contributed by atoms with Crippen LogP contribution in [0.1, 0.15) is 57.4 Å². The Morgan fingerprint density at radius 3 is 2.67 bits per heavy atom. The summed E-state index contributed by atoms with van der Waals surface area (Å²) in [7, 11) is 0. The zero-order valence-corrected chi connectivity index (χ0v) is 18.8. The van der Waals surface area contributed by atoms with Crippen LogP contribution in [0.25, 0.3) is 0 Å². The number of nitrogens with zero attached hydrogens (tertiary/aromatic N) is 1. The lowest BCUT2D eigenvalue weighted by Crippen LogP contribution is -2.38. The van der Waals surface area contributed by atoms with Crippen molar-refractivity contribution in [1.82, 2.24) is 4.57 Å². The average Bonchev–Trinajstić information content (AvgIpc) is 2.70. The first-order chi connectivity index (χ1) is 14.3. The molecule has 162 valence electrons. The van der Waals surface area contributed by atoms with Gasteiger partial charge in [0, 0.05) is 30.5 Å². The number of pyridine rings is 1. The minimum atomic E-state index is -0.0381. The molecule has 0 fully saturated rings. The quantitative estimate of drug-likeness (QED) is 0.631. The molecule has 30 heavy (non-hydrogen) atoms. The summed E-state index contributed by atoms with van der Waals surface area (Å²) in [6.45, 7) is 9.98. The fourth-order valence-electron chi connectivity index (χ4n) is 4.35. The van der Waals surface area contributed by atoms with E-state index in [1.807, 2.05) is 34.9 Å². The van der Waals surface area contributed by atoms with Gasteiger partial charge in [-0.05, 0) is 56.4 Å². The van der Waals surface area contributed by atoms with Crippen molar-refractivity contribution in [2.75, 3.05) is 6.61 Å². The van der Waals surface area contributed by atoms with Gasteiger partial charge in [-0.15, -0.1) is 0 Å². The lowest BCUT2D eigenvalue weighted by atomic mass is 9.66. The van der Waals surface area contributed by atoms with Gasteiger partial charge in [0.05, 0.1) is 0 Å². The minimum Gasteiger partial charge on any atom is -0.488 e. The molecule has 1 heterocycles. The van der Waals surface area contributed by atoms with E-state index in [1.165, 1.54) is 5.57 Å². The van der Waals surface area contributed by atoms with Crippen molar-refractivity contribution in [2.24, 2.45) is 11.3 Å². The van der Waals surface area contributed by atoms with Gasteiger partial charge in [-0.1, -0.05) is 55.8 Å². The molecule has 4 nitrogen and oxygen atoms in total. The van der Waals surface area contributed by atoms with Gasteiger partial charge < -0.3 is 14.4 Å². The molecule has 1 N–H and O–H groups in total. The fraction of sp³-hybridized carbons (Fsp3) is 0.500. The zero-order chi connectivity index (χ0) is 21.7. The van der Waals surface area contributed by atoms with Crippen LogP contribution in [0.5, 0.6) is 5.75 Å². The first-order valence-electron chi connectivity index (χ1n) is 11.0. The van der Waals surface area contributed by atoms with Gasteiger partial charge in [-0.25, -0.2) is 0 Å². The number of rotatable bonds is 8. The van der Waals surface area contributed by atoms with E-state index in [1.54, 1.807) is 6.07 Å². The molecule has 0 saturated heterocycles. The molecule has 1 aromatic heterocycles. The summed E-state index contributed by atoms with van der Waals surface area (Å²) in [5, 5.41) is 9.31. The number of aromatic nitrogens is 1. The molecule has 4 heteroatoms. The van der Waals surface area contributed by atoms with Gasteiger partial charge in [0.25, 0.3) is 5.56 Å². The molecule has 1 aliphatic rings. The maximum Gasteiger partial charge on any atom is 0.254 e. The van der Waals surface area contributed by atoms with Crippen molar-refractivity contribution >= 4 is 0 Å². The van der Waals surface area contributed by atoms with E-state index in [-0.39, 0.29) is 17.6 Å². The third kappa shape index (κ3) is 5.23. The Labute approximate surface area is 180 Å². The van der Waals surface area contributed by atoms with Crippen molar-refractivity contribution in [3.63, 3.8) is 0 Å². The Morgan fingerprint density at radius 2 is 2.00 bits per heavy atom. The fourth-order valence-corrected chi connectivity index (χ4v) is 4.35. The Morgan fingerprint density at radius 1 is 1.27 bits per heavy atom. The Hall–Kier alpha value is -2.33. The molecule has 1 aliphatic carbocycles. The number of aliphatic hydroxyl groups excluding tert-OH is 1. The lowest BCUT2D eigenvalue weighted by Gasteiger charge is -2.41. The van der Waals surface area contributed by atoms with Crippen LogP contribution >= 0.6 is 0 Å². The second-order valence-corrected chi connectivity index (χ2v) is 9.36. The van der Waals surface area contributed by atoms with Crippen LogP contribution in [0.15, 0.2) is 52.8 Å². The summed E-state index contributed by atoms with van der Waals surface area (Å²) in [6, 6.07) is 11.7. The lowest BCUT2D eigenvalue weighted by molar-refractivity contribution is 0.181.